The molecule has 2 aromatic carbocycles. The molecule has 1 aliphatic heterocycles. The van der Waals surface area contributed by atoms with Crippen LogP contribution in [-0.2, 0) is 0 Å². The lowest BCUT2D eigenvalue weighted by Crippen LogP contribution is -2.37. The summed E-state index contributed by atoms with van der Waals surface area (Å²) in [5, 5.41) is 5.83. The lowest BCUT2D eigenvalue weighted by molar-refractivity contribution is 0.0725. The van der Waals surface area contributed by atoms with Crippen LogP contribution in [0.5, 0.6) is 5.75 Å². The number of para-hydroxylation sites is 2. The third kappa shape index (κ3) is 6.28. The number of nitrogens with one attached hydrogen (secondary N) is 2. The van der Waals surface area contributed by atoms with E-state index in [-0.39, 0.29) is 16.9 Å². The Kier molecular flexibility index (Phi) is 8.00. The Bertz CT molecular complexity index is 939. The number of carbonyl (C=O) groups excluding carboxylic acids is 2. The minimum absolute atomic E-state index is 0.0237. The van der Waals surface area contributed by atoms with Gasteiger partial charge in [0.2, 0.25) is 0 Å². The number of likely N-dealkylation sites (tertiary alicyclic amines) is 1. The van der Waals surface area contributed by atoms with Crippen molar-refractivity contribution in [3.05, 3.63) is 59.7 Å². The highest BCUT2D eigenvalue weighted by Gasteiger charge is 2.21. The lowest BCUT2D eigenvalue weighted by atomic mass is 10.1. The SMILES string of the molecule is CC(C)COc1ccccc1C(=O)NC(=S)Nc1ccccc1C(=O)N1CCCCC1. The predicted octanol–water partition coefficient (Wildman–Crippen LogP) is 4.47. The molecule has 1 saturated heterocycles. The Morgan fingerprint density at radius 3 is 2.35 bits per heavy atom. The molecule has 0 aliphatic carbocycles. The van der Waals surface area contributed by atoms with E-state index in [4.69, 9.17) is 17.0 Å². The number of carbonyl (C=O) groups is 2. The van der Waals surface area contributed by atoms with Gasteiger partial charge in [0.05, 0.1) is 23.4 Å². The van der Waals surface area contributed by atoms with Crippen LogP contribution in [0.4, 0.5) is 5.69 Å². The first-order chi connectivity index (χ1) is 15.0. The Morgan fingerprint density at radius 2 is 1.65 bits per heavy atom. The molecule has 2 N–H and O–H groups in total. The summed E-state index contributed by atoms with van der Waals surface area (Å²) >= 11 is 5.36. The zero-order chi connectivity index (χ0) is 22.2. The molecular formula is C24H29N3O3S. The minimum Gasteiger partial charge on any atom is -0.492 e. The zero-order valence-electron chi connectivity index (χ0n) is 18.0. The van der Waals surface area contributed by atoms with Gasteiger partial charge in [-0.25, -0.2) is 0 Å². The van der Waals surface area contributed by atoms with Crippen LogP contribution in [0, 0.1) is 5.92 Å². The molecule has 0 unspecified atom stereocenters. The molecule has 1 fully saturated rings. The summed E-state index contributed by atoms with van der Waals surface area (Å²) < 4.78 is 5.76. The number of amides is 2. The molecule has 6 nitrogen and oxygen atoms in total. The van der Waals surface area contributed by atoms with Gasteiger partial charge < -0.3 is 15.0 Å². The van der Waals surface area contributed by atoms with E-state index in [2.05, 4.69) is 10.6 Å². The van der Waals surface area contributed by atoms with E-state index < -0.39 is 0 Å². The van der Waals surface area contributed by atoms with Gasteiger partial charge in [0.25, 0.3) is 11.8 Å². The van der Waals surface area contributed by atoms with Crippen LogP contribution >= 0.6 is 12.2 Å². The molecule has 0 saturated carbocycles. The highest BCUT2D eigenvalue weighted by atomic mass is 32.1. The number of nitrogens with zero attached hydrogens (tertiary/aromatic N) is 1. The normalized spacial score (nSPS) is 13.6. The average molecular weight is 440 g/mol. The smallest absolute Gasteiger partial charge is 0.261 e. The van der Waals surface area contributed by atoms with Crippen molar-refractivity contribution in [2.24, 2.45) is 5.92 Å². The Morgan fingerprint density at radius 1 is 1.00 bits per heavy atom. The molecule has 0 spiro atoms. The predicted molar refractivity (Wildman–Crippen MR) is 127 cm³/mol. The third-order valence-electron chi connectivity index (χ3n) is 4.98. The monoisotopic (exact) mass is 439 g/mol. The van der Waals surface area contributed by atoms with Crippen molar-refractivity contribution in [2.75, 3.05) is 25.0 Å². The standard InChI is InChI=1S/C24H29N3O3S/c1-17(2)16-30-21-13-7-5-11-19(21)22(28)26-24(31)25-20-12-6-4-10-18(20)23(29)27-14-8-3-9-15-27/h4-7,10-13,17H,3,8-9,14-16H2,1-2H3,(H2,25,26,28,31). The van der Waals surface area contributed by atoms with E-state index in [0.29, 0.717) is 35.1 Å². The first-order valence-electron chi connectivity index (χ1n) is 10.7. The van der Waals surface area contributed by atoms with Crippen LogP contribution in [0.1, 0.15) is 53.8 Å². The fourth-order valence-electron chi connectivity index (χ4n) is 3.41. The number of rotatable bonds is 6. The van der Waals surface area contributed by atoms with E-state index in [0.717, 1.165) is 32.4 Å². The zero-order valence-corrected chi connectivity index (χ0v) is 18.8. The molecule has 31 heavy (non-hydrogen) atoms. The summed E-state index contributed by atoms with van der Waals surface area (Å²) in [6.45, 7) is 6.14. The first-order valence-corrected chi connectivity index (χ1v) is 11.1. The minimum atomic E-state index is -0.364. The van der Waals surface area contributed by atoms with E-state index in [1.54, 1.807) is 30.3 Å². The Hall–Kier alpha value is -2.93. The molecule has 164 valence electrons. The number of ether oxygens (including phenoxy) is 1. The number of piperidine rings is 1. The maximum absolute atomic E-state index is 13.0. The maximum atomic E-state index is 13.0. The quantitative estimate of drug-likeness (QED) is 0.650. The van der Waals surface area contributed by atoms with Crippen molar-refractivity contribution in [3.8, 4) is 5.75 Å². The van der Waals surface area contributed by atoms with Crippen LogP contribution in [0.3, 0.4) is 0 Å². The highest BCUT2D eigenvalue weighted by molar-refractivity contribution is 7.80. The van der Waals surface area contributed by atoms with Crippen molar-refractivity contribution in [2.45, 2.75) is 33.1 Å². The topological polar surface area (TPSA) is 70.7 Å². The molecule has 7 heteroatoms. The van der Waals surface area contributed by atoms with Gasteiger partial charge in [-0.2, -0.15) is 0 Å². The molecule has 0 bridgehead atoms. The summed E-state index contributed by atoms with van der Waals surface area (Å²) in [7, 11) is 0. The van der Waals surface area contributed by atoms with Gasteiger partial charge >= 0.3 is 0 Å². The van der Waals surface area contributed by atoms with Gasteiger partial charge in [0.1, 0.15) is 5.75 Å². The second-order valence-electron chi connectivity index (χ2n) is 8.01. The van der Waals surface area contributed by atoms with E-state index in [1.807, 2.05) is 36.9 Å². The number of anilines is 1. The van der Waals surface area contributed by atoms with Gasteiger partial charge in [-0.05, 0) is 61.7 Å². The number of hydrogen-bond donors (Lipinski definition) is 2. The summed E-state index contributed by atoms with van der Waals surface area (Å²) in [4.78, 5) is 27.6. The number of benzene rings is 2. The van der Waals surface area contributed by atoms with Crippen LogP contribution in [0.15, 0.2) is 48.5 Å². The van der Waals surface area contributed by atoms with Crippen molar-refractivity contribution >= 4 is 34.8 Å². The van der Waals surface area contributed by atoms with Crippen LogP contribution in [-0.4, -0.2) is 41.5 Å². The third-order valence-corrected chi connectivity index (χ3v) is 5.18. The number of thiocarbonyl (C=S) groups is 1. The summed E-state index contributed by atoms with van der Waals surface area (Å²) in [6.07, 6.45) is 3.20. The van der Waals surface area contributed by atoms with Crippen LogP contribution < -0.4 is 15.4 Å². The van der Waals surface area contributed by atoms with Crippen LogP contribution in [0.2, 0.25) is 0 Å². The molecule has 0 atom stereocenters. The molecule has 2 aromatic rings. The first kappa shape index (κ1) is 22.7. The summed E-state index contributed by atoms with van der Waals surface area (Å²) in [6, 6.07) is 14.3. The maximum Gasteiger partial charge on any atom is 0.261 e. The largest absolute Gasteiger partial charge is 0.492 e. The fraction of sp³-hybridized carbons (Fsp3) is 0.375. The molecule has 0 radical (unpaired) electrons. The van der Waals surface area contributed by atoms with Crippen molar-refractivity contribution < 1.29 is 14.3 Å². The van der Waals surface area contributed by atoms with Gasteiger partial charge in [0.15, 0.2) is 5.11 Å². The highest BCUT2D eigenvalue weighted by Crippen LogP contribution is 2.21. The average Bonchev–Trinajstić information content (AvgIpc) is 2.78. The van der Waals surface area contributed by atoms with Gasteiger partial charge in [-0.15, -0.1) is 0 Å². The second-order valence-corrected chi connectivity index (χ2v) is 8.42. The van der Waals surface area contributed by atoms with Gasteiger partial charge in [-0.3, -0.25) is 14.9 Å². The van der Waals surface area contributed by atoms with Crippen LogP contribution in [0.25, 0.3) is 0 Å². The molecule has 1 aliphatic rings. The summed E-state index contributed by atoms with van der Waals surface area (Å²) in [5.41, 5.74) is 1.53. The summed E-state index contributed by atoms with van der Waals surface area (Å²) in [5.74, 6) is 0.464. The molecule has 1 heterocycles. The van der Waals surface area contributed by atoms with Gasteiger partial charge in [-0.1, -0.05) is 38.1 Å². The molecule has 2 amide bonds. The van der Waals surface area contributed by atoms with E-state index in [9.17, 15) is 9.59 Å². The lowest BCUT2D eigenvalue weighted by Gasteiger charge is -2.27. The fourth-order valence-corrected chi connectivity index (χ4v) is 3.61. The second kappa shape index (κ2) is 10.9. The Labute approximate surface area is 189 Å². The Balaban J connectivity index is 1.68. The van der Waals surface area contributed by atoms with Crippen molar-refractivity contribution in [1.29, 1.82) is 0 Å². The van der Waals surface area contributed by atoms with Crippen molar-refractivity contribution in [3.63, 3.8) is 0 Å². The molecule has 0 aromatic heterocycles. The molecule has 3 rings (SSSR count). The molecular weight excluding hydrogens is 410 g/mol. The van der Waals surface area contributed by atoms with E-state index in [1.165, 1.54) is 0 Å². The van der Waals surface area contributed by atoms with Crippen molar-refractivity contribution in [1.82, 2.24) is 10.2 Å². The van der Waals surface area contributed by atoms with E-state index >= 15 is 0 Å². The van der Waals surface area contributed by atoms with Gasteiger partial charge in [0, 0.05) is 13.1 Å². The number of hydrogen-bond acceptors (Lipinski definition) is 4.